The lowest BCUT2D eigenvalue weighted by Crippen LogP contribution is -2.08. The molecule has 6 heteroatoms. The lowest BCUT2D eigenvalue weighted by Gasteiger charge is -2.13. The number of benzene rings is 1. The van der Waals surface area contributed by atoms with Gasteiger partial charge in [-0.15, -0.1) is 0 Å². The van der Waals surface area contributed by atoms with Gasteiger partial charge >= 0.3 is 0 Å². The average Bonchev–Trinajstić information content (AvgIpc) is 2.69. The van der Waals surface area contributed by atoms with Gasteiger partial charge < -0.3 is 5.32 Å². The first-order valence-corrected chi connectivity index (χ1v) is 6.38. The van der Waals surface area contributed by atoms with Crippen LogP contribution in [0.5, 0.6) is 0 Å². The zero-order chi connectivity index (χ0) is 13.1. The normalized spacial score (nSPS) is 11.9. The second-order valence-electron chi connectivity index (χ2n) is 3.64. The molecule has 0 spiro atoms. The van der Waals surface area contributed by atoms with Crippen LogP contribution in [-0.4, -0.2) is 4.98 Å². The Morgan fingerprint density at radius 3 is 2.83 bits per heavy atom. The second-order valence-corrected chi connectivity index (χ2v) is 5.00. The van der Waals surface area contributed by atoms with Gasteiger partial charge in [0.1, 0.15) is 16.8 Å². The third-order valence-corrected chi connectivity index (χ3v) is 3.68. The lowest BCUT2D eigenvalue weighted by molar-refractivity contribution is 0.600. The van der Waals surface area contributed by atoms with Crippen molar-refractivity contribution in [2.75, 3.05) is 5.32 Å². The van der Waals surface area contributed by atoms with Crippen molar-refractivity contribution in [2.24, 2.45) is 0 Å². The number of nitriles is 1. The van der Waals surface area contributed by atoms with Gasteiger partial charge in [-0.05, 0) is 13.0 Å². The van der Waals surface area contributed by atoms with Gasteiger partial charge in [-0.2, -0.15) is 5.26 Å². The van der Waals surface area contributed by atoms with E-state index in [2.05, 4.69) is 10.3 Å². The number of hydrogen-bond donors (Lipinski definition) is 1. The maximum atomic E-state index is 13.6. The topological polar surface area (TPSA) is 48.7 Å². The fourth-order valence-corrected chi connectivity index (χ4v) is 2.56. The predicted octanol–water partition coefficient (Wildman–Crippen LogP) is 3.98. The number of anilines is 1. The van der Waals surface area contributed by atoms with Crippen molar-refractivity contribution in [1.29, 1.82) is 5.26 Å². The number of nitrogens with one attached hydrogen (secondary N) is 1. The maximum absolute atomic E-state index is 13.6. The standard InChI is InChI=1S/C12H9ClFN3S/c1-7(8-4-2-3-5-9(8)14)16-12-17-11(13)10(6-15)18-12/h2-5,7H,1H3,(H,16,17). The molecule has 2 rings (SSSR count). The summed E-state index contributed by atoms with van der Waals surface area (Å²) in [6, 6.07) is 8.22. The molecule has 0 aliphatic heterocycles. The first-order chi connectivity index (χ1) is 8.61. The summed E-state index contributed by atoms with van der Waals surface area (Å²) in [5.41, 5.74) is 0.544. The number of hydrogen-bond acceptors (Lipinski definition) is 4. The van der Waals surface area contributed by atoms with Crippen molar-refractivity contribution in [3.05, 3.63) is 45.7 Å². The van der Waals surface area contributed by atoms with Crippen LogP contribution in [0, 0.1) is 17.1 Å². The molecule has 0 amide bonds. The summed E-state index contributed by atoms with van der Waals surface area (Å²) in [7, 11) is 0. The van der Waals surface area contributed by atoms with E-state index < -0.39 is 0 Å². The van der Waals surface area contributed by atoms with Crippen LogP contribution >= 0.6 is 22.9 Å². The molecular weight excluding hydrogens is 273 g/mol. The molecule has 0 saturated heterocycles. The molecule has 1 unspecified atom stereocenters. The van der Waals surface area contributed by atoms with Gasteiger partial charge in [0.25, 0.3) is 0 Å². The zero-order valence-corrected chi connectivity index (χ0v) is 11.0. The first kappa shape index (κ1) is 12.8. The number of nitrogens with zero attached hydrogens (tertiary/aromatic N) is 2. The molecule has 1 aromatic heterocycles. The molecule has 1 heterocycles. The molecule has 0 aliphatic rings. The van der Waals surface area contributed by atoms with Crippen molar-refractivity contribution >= 4 is 28.1 Å². The lowest BCUT2D eigenvalue weighted by atomic mass is 10.1. The fourth-order valence-electron chi connectivity index (χ4n) is 1.52. The van der Waals surface area contributed by atoms with Crippen LogP contribution in [0.15, 0.2) is 24.3 Å². The van der Waals surface area contributed by atoms with Crippen molar-refractivity contribution in [1.82, 2.24) is 4.98 Å². The average molecular weight is 282 g/mol. The Hall–Kier alpha value is -1.64. The predicted molar refractivity (Wildman–Crippen MR) is 70.3 cm³/mol. The minimum Gasteiger partial charge on any atom is -0.355 e. The van der Waals surface area contributed by atoms with Crippen LogP contribution in [0.1, 0.15) is 23.4 Å². The first-order valence-electron chi connectivity index (χ1n) is 5.19. The number of aromatic nitrogens is 1. The molecule has 1 atom stereocenters. The van der Waals surface area contributed by atoms with E-state index in [9.17, 15) is 4.39 Å². The summed E-state index contributed by atoms with van der Waals surface area (Å²) in [5, 5.41) is 12.5. The molecule has 0 aliphatic carbocycles. The molecule has 92 valence electrons. The Labute approximate surface area is 113 Å². The van der Waals surface area contributed by atoms with Crippen LogP contribution in [0.3, 0.4) is 0 Å². The summed E-state index contributed by atoms with van der Waals surface area (Å²) >= 11 is 6.92. The number of halogens is 2. The van der Waals surface area contributed by atoms with Gasteiger partial charge in [-0.3, -0.25) is 0 Å². The van der Waals surface area contributed by atoms with E-state index in [-0.39, 0.29) is 17.0 Å². The van der Waals surface area contributed by atoms with E-state index in [1.54, 1.807) is 18.2 Å². The van der Waals surface area contributed by atoms with E-state index in [0.29, 0.717) is 15.6 Å². The van der Waals surface area contributed by atoms with Crippen LogP contribution < -0.4 is 5.32 Å². The zero-order valence-electron chi connectivity index (χ0n) is 9.45. The minimum atomic E-state index is -0.277. The van der Waals surface area contributed by atoms with Crippen LogP contribution in [0.25, 0.3) is 0 Å². The molecule has 18 heavy (non-hydrogen) atoms. The maximum Gasteiger partial charge on any atom is 0.185 e. The Kier molecular flexibility index (Phi) is 3.80. The SMILES string of the molecule is CC(Nc1nc(Cl)c(C#N)s1)c1ccccc1F. The summed E-state index contributed by atoms with van der Waals surface area (Å²) in [4.78, 5) is 4.35. The Morgan fingerprint density at radius 2 is 2.22 bits per heavy atom. The Bertz CT molecular complexity index is 606. The molecule has 0 bridgehead atoms. The molecule has 0 fully saturated rings. The van der Waals surface area contributed by atoms with E-state index in [1.807, 2.05) is 13.0 Å². The van der Waals surface area contributed by atoms with Crippen molar-refractivity contribution in [2.45, 2.75) is 13.0 Å². The molecule has 2 aromatic rings. The molecule has 0 saturated carbocycles. The van der Waals surface area contributed by atoms with Gasteiger partial charge in [-0.1, -0.05) is 41.1 Å². The molecule has 0 radical (unpaired) electrons. The molecule has 1 N–H and O–H groups in total. The van der Waals surface area contributed by atoms with Gasteiger partial charge in [0, 0.05) is 5.56 Å². The van der Waals surface area contributed by atoms with E-state index >= 15 is 0 Å². The summed E-state index contributed by atoms with van der Waals surface area (Å²) < 4.78 is 13.6. The van der Waals surface area contributed by atoms with Crippen LogP contribution in [0.4, 0.5) is 9.52 Å². The highest BCUT2D eigenvalue weighted by Gasteiger charge is 2.14. The summed E-state index contributed by atoms with van der Waals surface area (Å²) in [5.74, 6) is -0.277. The fraction of sp³-hybridized carbons (Fsp3) is 0.167. The van der Waals surface area contributed by atoms with E-state index in [0.717, 1.165) is 11.3 Å². The minimum absolute atomic E-state index is 0.172. The van der Waals surface area contributed by atoms with Crippen LogP contribution in [-0.2, 0) is 0 Å². The quantitative estimate of drug-likeness (QED) is 0.926. The van der Waals surface area contributed by atoms with E-state index in [1.165, 1.54) is 6.07 Å². The van der Waals surface area contributed by atoms with Gasteiger partial charge in [0.15, 0.2) is 10.3 Å². The third kappa shape index (κ3) is 2.61. The van der Waals surface area contributed by atoms with Crippen molar-refractivity contribution in [3.63, 3.8) is 0 Å². The van der Waals surface area contributed by atoms with Crippen LogP contribution in [0.2, 0.25) is 5.15 Å². The Morgan fingerprint density at radius 1 is 1.50 bits per heavy atom. The highest BCUT2D eigenvalue weighted by molar-refractivity contribution is 7.16. The van der Waals surface area contributed by atoms with Gasteiger partial charge in [-0.25, -0.2) is 9.37 Å². The largest absolute Gasteiger partial charge is 0.355 e. The van der Waals surface area contributed by atoms with Crippen molar-refractivity contribution < 1.29 is 4.39 Å². The highest BCUT2D eigenvalue weighted by Crippen LogP contribution is 2.29. The summed E-state index contributed by atoms with van der Waals surface area (Å²) in [6.07, 6.45) is 0. The number of thiazole rings is 1. The van der Waals surface area contributed by atoms with E-state index in [4.69, 9.17) is 16.9 Å². The third-order valence-electron chi connectivity index (χ3n) is 2.40. The van der Waals surface area contributed by atoms with Gasteiger partial charge in [0.2, 0.25) is 0 Å². The molecule has 3 nitrogen and oxygen atoms in total. The molecular formula is C12H9ClFN3S. The second kappa shape index (κ2) is 5.34. The monoisotopic (exact) mass is 281 g/mol. The van der Waals surface area contributed by atoms with Gasteiger partial charge in [0.05, 0.1) is 6.04 Å². The smallest absolute Gasteiger partial charge is 0.185 e. The summed E-state index contributed by atoms with van der Waals surface area (Å²) in [6.45, 7) is 1.82. The number of rotatable bonds is 3. The Balaban J connectivity index is 2.19. The van der Waals surface area contributed by atoms with Crippen molar-refractivity contribution in [3.8, 4) is 6.07 Å². The molecule has 1 aromatic carbocycles. The highest BCUT2D eigenvalue weighted by atomic mass is 35.5.